The van der Waals surface area contributed by atoms with E-state index in [1.807, 2.05) is 90.4 Å². The van der Waals surface area contributed by atoms with Gasteiger partial charge in [-0.05, 0) is 40.3 Å². The number of esters is 1. The molecule has 0 saturated heterocycles. The number of hydrogen-bond donors (Lipinski definition) is 1. The average molecular weight is 605 g/mol. The van der Waals surface area contributed by atoms with Crippen molar-refractivity contribution in [1.82, 2.24) is 39.3 Å². The van der Waals surface area contributed by atoms with Crippen molar-refractivity contribution in [2.75, 3.05) is 7.11 Å². The molecule has 3 aromatic heterocycles. The van der Waals surface area contributed by atoms with Gasteiger partial charge in [0, 0.05) is 25.1 Å². The number of methoxy groups -OCH3 is 1. The molecule has 0 fully saturated rings. The lowest BCUT2D eigenvalue weighted by Crippen LogP contribution is -2.42. The third-order valence-electron chi connectivity index (χ3n) is 7.77. The summed E-state index contributed by atoms with van der Waals surface area (Å²) in [5, 5.41) is 14.5. The highest BCUT2D eigenvalue weighted by Crippen LogP contribution is 2.30. The molecule has 0 aliphatic heterocycles. The zero-order valence-corrected chi connectivity index (χ0v) is 25.0. The Labute approximate surface area is 257 Å². The van der Waals surface area contributed by atoms with Gasteiger partial charge in [-0.15, -0.1) is 10.2 Å². The Morgan fingerprint density at radius 1 is 0.844 bits per heavy atom. The summed E-state index contributed by atoms with van der Waals surface area (Å²) < 4.78 is 9.20. The number of hydrogen-bond acceptors (Lipinski definition) is 8. The summed E-state index contributed by atoms with van der Waals surface area (Å²) in [6.45, 7) is 2.18. The third kappa shape index (κ3) is 5.94. The lowest BCUT2D eigenvalue weighted by molar-refractivity contribution is -0.141. The normalized spacial score (nSPS) is 11.2. The lowest BCUT2D eigenvalue weighted by atomic mass is 9.98. The second kappa shape index (κ2) is 12.9. The highest BCUT2D eigenvalue weighted by atomic mass is 16.5. The van der Waals surface area contributed by atoms with E-state index in [-0.39, 0.29) is 24.3 Å². The van der Waals surface area contributed by atoms with Crippen LogP contribution in [0.15, 0.2) is 88.5 Å². The van der Waals surface area contributed by atoms with Crippen LogP contribution in [0.3, 0.4) is 0 Å². The van der Waals surface area contributed by atoms with E-state index in [4.69, 9.17) is 9.72 Å². The first-order valence-electron chi connectivity index (χ1n) is 14.7. The van der Waals surface area contributed by atoms with E-state index in [0.29, 0.717) is 31.0 Å². The molecular weight excluding hydrogens is 572 g/mol. The standard InChI is InChI=1S/C33H32N8O4/c1-3-9-27-34-31-29(32(43)39(19-18-22-10-5-4-6-11-22)33(44)41(31)21-28(42)45-2)40(27)20-23-14-16-24(17-15-23)25-12-7-8-13-26(25)30-35-37-38-36-30/h4-8,10-17H,3,9,18-21H2,1-2H3,(H,35,36,37,38). The van der Waals surface area contributed by atoms with Crippen LogP contribution in [0.4, 0.5) is 0 Å². The van der Waals surface area contributed by atoms with Crippen LogP contribution in [-0.2, 0) is 42.0 Å². The Bertz CT molecular complexity index is 2060. The second-order valence-corrected chi connectivity index (χ2v) is 10.7. The number of nitrogens with zero attached hydrogens (tertiary/aromatic N) is 7. The summed E-state index contributed by atoms with van der Waals surface area (Å²) in [4.78, 5) is 44.8. The maximum atomic E-state index is 14.0. The van der Waals surface area contributed by atoms with Gasteiger partial charge in [0.25, 0.3) is 5.56 Å². The van der Waals surface area contributed by atoms with Crippen molar-refractivity contribution >= 4 is 17.1 Å². The topological polar surface area (TPSA) is 143 Å². The zero-order valence-electron chi connectivity index (χ0n) is 25.0. The molecule has 45 heavy (non-hydrogen) atoms. The van der Waals surface area contributed by atoms with E-state index in [2.05, 4.69) is 20.6 Å². The molecule has 0 unspecified atom stereocenters. The van der Waals surface area contributed by atoms with Gasteiger partial charge in [0.2, 0.25) is 5.82 Å². The predicted molar refractivity (Wildman–Crippen MR) is 169 cm³/mol. The van der Waals surface area contributed by atoms with Crippen LogP contribution in [0.2, 0.25) is 0 Å². The van der Waals surface area contributed by atoms with Crippen LogP contribution < -0.4 is 11.2 Å². The number of imidazole rings is 1. The lowest BCUT2D eigenvalue weighted by Gasteiger charge is -2.13. The van der Waals surface area contributed by atoms with Gasteiger partial charge >= 0.3 is 11.7 Å². The fourth-order valence-electron chi connectivity index (χ4n) is 5.52. The van der Waals surface area contributed by atoms with Gasteiger partial charge in [0.15, 0.2) is 11.2 Å². The maximum Gasteiger partial charge on any atom is 0.333 e. The van der Waals surface area contributed by atoms with Crippen molar-refractivity contribution < 1.29 is 9.53 Å². The monoisotopic (exact) mass is 604 g/mol. The highest BCUT2D eigenvalue weighted by Gasteiger charge is 2.23. The van der Waals surface area contributed by atoms with Crippen LogP contribution in [0.5, 0.6) is 0 Å². The van der Waals surface area contributed by atoms with Crippen molar-refractivity contribution in [2.24, 2.45) is 0 Å². The number of tetrazole rings is 1. The Hall–Kier alpha value is -5.65. The van der Waals surface area contributed by atoms with Crippen molar-refractivity contribution in [3.05, 3.63) is 117 Å². The number of rotatable bonds is 11. The highest BCUT2D eigenvalue weighted by molar-refractivity contribution is 5.80. The van der Waals surface area contributed by atoms with Gasteiger partial charge < -0.3 is 9.30 Å². The molecule has 6 aromatic rings. The number of aromatic amines is 1. The molecule has 0 radical (unpaired) electrons. The van der Waals surface area contributed by atoms with Crippen molar-refractivity contribution in [2.45, 2.75) is 45.8 Å². The molecule has 0 spiro atoms. The summed E-state index contributed by atoms with van der Waals surface area (Å²) in [6, 6.07) is 25.5. The number of aromatic nitrogens is 8. The molecule has 0 atom stereocenters. The molecule has 0 amide bonds. The first-order chi connectivity index (χ1) is 22.0. The van der Waals surface area contributed by atoms with E-state index in [1.54, 1.807) is 0 Å². The van der Waals surface area contributed by atoms with E-state index < -0.39 is 17.2 Å². The number of fused-ring (bicyclic) bond motifs is 1. The Kier molecular flexibility index (Phi) is 8.45. The number of aryl methyl sites for hydroxylation is 2. The minimum absolute atomic E-state index is 0.154. The predicted octanol–water partition coefficient (Wildman–Crippen LogP) is 3.62. The van der Waals surface area contributed by atoms with Gasteiger partial charge in [0.05, 0.1) is 7.11 Å². The molecule has 1 N–H and O–H groups in total. The summed E-state index contributed by atoms with van der Waals surface area (Å²) in [5.74, 6) is 0.565. The molecule has 6 rings (SSSR count). The fraction of sp³-hybridized carbons (Fsp3) is 0.242. The minimum atomic E-state index is -0.602. The number of H-pyrrole nitrogens is 1. The van der Waals surface area contributed by atoms with Gasteiger partial charge in [-0.3, -0.25) is 18.7 Å². The van der Waals surface area contributed by atoms with E-state index >= 15 is 0 Å². The number of ether oxygens (including phenoxy) is 1. The van der Waals surface area contributed by atoms with Crippen molar-refractivity contribution in [3.8, 4) is 22.5 Å². The number of carbonyl (C=O) groups is 1. The Morgan fingerprint density at radius 2 is 1.58 bits per heavy atom. The summed E-state index contributed by atoms with van der Waals surface area (Å²) in [5.41, 5.74) is 4.14. The molecule has 0 aliphatic carbocycles. The summed E-state index contributed by atoms with van der Waals surface area (Å²) in [7, 11) is 1.27. The van der Waals surface area contributed by atoms with Crippen LogP contribution in [0.1, 0.15) is 30.3 Å². The third-order valence-corrected chi connectivity index (χ3v) is 7.77. The quantitative estimate of drug-likeness (QED) is 0.221. The van der Waals surface area contributed by atoms with Gasteiger partial charge in [-0.2, -0.15) is 5.21 Å². The van der Waals surface area contributed by atoms with Crippen LogP contribution in [0, 0.1) is 0 Å². The zero-order chi connectivity index (χ0) is 31.3. The van der Waals surface area contributed by atoms with Gasteiger partial charge in [-0.1, -0.05) is 85.8 Å². The first kappa shape index (κ1) is 29.4. The summed E-state index contributed by atoms with van der Waals surface area (Å²) >= 11 is 0. The SMILES string of the molecule is CCCc1nc2c(c(=O)n(CCc3ccccc3)c(=O)n2CC(=O)OC)n1Cc1ccc(-c2ccccc2-c2nn[nH]n2)cc1. The van der Waals surface area contributed by atoms with Crippen LogP contribution >= 0.6 is 0 Å². The summed E-state index contributed by atoms with van der Waals surface area (Å²) in [6.07, 6.45) is 1.84. The second-order valence-electron chi connectivity index (χ2n) is 10.7. The maximum absolute atomic E-state index is 14.0. The molecule has 0 saturated carbocycles. The molecule has 3 aromatic carbocycles. The first-order valence-corrected chi connectivity index (χ1v) is 14.7. The molecule has 0 bridgehead atoms. The average Bonchev–Trinajstić information content (AvgIpc) is 3.73. The number of nitrogens with one attached hydrogen (secondary N) is 1. The number of benzene rings is 3. The number of carbonyl (C=O) groups excluding carboxylic acids is 1. The Morgan fingerprint density at radius 3 is 2.27 bits per heavy atom. The van der Waals surface area contributed by atoms with Gasteiger partial charge in [0.1, 0.15) is 12.4 Å². The van der Waals surface area contributed by atoms with E-state index in [9.17, 15) is 14.4 Å². The molecule has 3 heterocycles. The smallest absolute Gasteiger partial charge is 0.333 e. The van der Waals surface area contributed by atoms with E-state index in [1.165, 1.54) is 16.2 Å². The van der Waals surface area contributed by atoms with Crippen LogP contribution in [-0.4, -0.2) is 52.4 Å². The Balaban J connectivity index is 1.43. The van der Waals surface area contributed by atoms with Gasteiger partial charge in [-0.25, -0.2) is 9.78 Å². The van der Waals surface area contributed by atoms with Crippen LogP contribution in [0.25, 0.3) is 33.7 Å². The molecular formula is C33H32N8O4. The molecule has 12 nitrogen and oxygen atoms in total. The molecule has 0 aliphatic rings. The van der Waals surface area contributed by atoms with Crippen molar-refractivity contribution in [1.29, 1.82) is 0 Å². The minimum Gasteiger partial charge on any atom is -0.468 e. The van der Waals surface area contributed by atoms with E-state index in [0.717, 1.165) is 34.2 Å². The fourth-order valence-corrected chi connectivity index (χ4v) is 5.52. The van der Waals surface area contributed by atoms with Crippen molar-refractivity contribution in [3.63, 3.8) is 0 Å². The molecule has 12 heteroatoms. The molecule has 228 valence electrons. The largest absolute Gasteiger partial charge is 0.468 e.